The molecule has 3 rings (SSSR count). The number of Topliss-reactive ketones (excluding diaryl/α,β-unsaturated/α-hetero) is 1. The van der Waals surface area contributed by atoms with E-state index in [2.05, 4.69) is 12.1 Å². The number of cyclic esters (lactones) is 1. The van der Waals surface area contributed by atoms with Gasteiger partial charge in [0.2, 0.25) is 0 Å². The predicted molar refractivity (Wildman–Crippen MR) is 79.8 cm³/mol. The maximum absolute atomic E-state index is 12.0. The second-order valence-corrected chi connectivity index (χ2v) is 6.40. The van der Waals surface area contributed by atoms with Gasteiger partial charge >= 0.3 is 5.97 Å². The van der Waals surface area contributed by atoms with Gasteiger partial charge in [-0.15, -0.1) is 0 Å². The fourth-order valence-corrected chi connectivity index (χ4v) is 3.88. The molecule has 3 nitrogen and oxygen atoms in total. The quantitative estimate of drug-likeness (QED) is 0.629. The summed E-state index contributed by atoms with van der Waals surface area (Å²) in [5.41, 5.74) is 0.697. The van der Waals surface area contributed by atoms with Crippen LogP contribution in [0.1, 0.15) is 50.5 Å². The van der Waals surface area contributed by atoms with E-state index in [-0.39, 0.29) is 18.2 Å². The lowest BCUT2D eigenvalue weighted by molar-refractivity contribution is -0.178. The molecular formula is C18H22O3. The number of ketones is 1. The maximum Gasteiger partial charge on any atom is 0.313 e. The highest BCUT2D eigenvalue weighted by atomic mass is 16.6. The Labute approximate surface area is 125 Å². The number of benzene rings is 1. The van der Waals surface area contributed by atoms with Gasteiger partial charge in [-0.2, -0.15) is 0 Å². The van der Waals surface area contributed by atoms with Crippen molar-refractivity contribution in [3.8, 4) is 0 Å². The van der Waals surface area contributed by atoms with Crippen LogP contribution in [0, 0.1) is 5.92 Å². The fraction of sp³-hybridized carbons (Fsp3) is 0.556. The number of esters is 1. The molecule has 1 unspecified atom stereocenters. The second kappa shape index (κ2) is 6.00. The van der Waals surface area contributed by atoms with E-state index in [1.54, 1.807) is 0 Å². The molecule has 2 fully saturated rings. The molecule has 1 saturated heterocycles. The molecule has 3 heteroatoms. The van der Waals surface area contributed by atoms with E-state index in [9.17, 15) is 9.59 Å². The highest BCUT2D eigenvalue weighted by Gasteiger charge is 2.47. The minimum atomic E-state index is -0.543. The van der Waals surface area contributed by atoms with Crippen LogP contribution < -0.4 is 0 Å². The van der Waals surface area contributed by atoms with E-state index < -0.39 is 5.60 Å². The minimum Gasteiger partial charge on any atom is -0.458 e. The molecule has 0 aromatic heterocycles. The van der Waals surface area contributed by atoms with Crippen LogP contribution in [0.2, 0.25) is 0 Å². The van der Waals surface area contributed by atoms with Crippen molar-refractivity contribution in [1.82, 2.24) is 0 Å². The van der Waals surface area contributed by atoms with Crippen molar-refractivity contribution >= 4 is 11.8 Å². The second-order valence-electron chi connectivity index (χ2n) is 6.40. The number of hydrogen-bond acceptors (Lipinski definition) is 3. The van der Waals surface area contributed by atoms with Crippen molar-refractivity contribution in [3.63, 3.8) is 0 Å². The summed E-state index contributed by atoms with van der Waals surface area (Å²) in [6.45, 7) is 0. The van der Waals surface area contributed by atoms with Crippen LogP contribution in [-0.4, -0.2) is 17.4 Å². The third kappa shape index (κ3) is 3.17. The Morgan fingerprint density at radius 2 is 1.81 bits per heavy atom. The average molecular weight is 286 g/mol. The van der Waals surface area contributed by atoms with Crippen molar-refractivity contribution in [1.29, 1.82) is 0 Å². The Kier molecular flexibility index (Phi) is 4.09. The number of hydrogen-bond donors (Lipinski definition) is 0. The van der Waals surface area contributed by atoms with Gasteiger partial charge in [-0.25, -0.2) is 0 Å². The van der Waals surface area contributed by atoms with Gasteiger partial charge < -0.3 is 4.74 Å². The topological polar surface area (TPSA) is 43.4 Å². The Bertz CT molecular complexity index is 499. The van der Waals surface area contributed by atoms with Gasteiger partial charge in [0.05, 0.1) is 0 Å². The van der Waals surface area contributed by atoms with Gasteiger partial charge in [0.25, 0.3) is 0 Å². The van der Waals surface area contributed by atoms with Crippen molar-refractivity contribution in [2.75, 3.05) is 0 Å². The highest BCUT2D eigenvalue weighted by molar-refractivity contribution is 5.98. The first-order chi connectivity index (χ1) is 10.2. The summed E-state index contributed by atoms with van der Waals surface area (Å²) in [5, 5.41) is 0. The monoisotopic (exact) mass is 286 g/mol. The lowest BCUT2D eigenvalue weighted by Gasteiger charge is -2.41. The van der Waals surface area contributed by atoms with E-state index in [0.29, 0.717) is 12.3 Å². The number of aryl methyl sites for hydroxylation is 1. The van der Waals surface area contributed by atoms with Gasteiger partial charge in [0.15, 0.2) is 0 Å². The van der Waals surface area contributed by atoms with Crippen LogP contribution in [-0.2, 0) is 20.7 Å². The fourth-order valence-electron chi connectivity index (χ4n) is 3.88. The highest BCUT2D eigenvalue weighted by Crippen LogP contribution is 2.43. The van der Waals surface area contributed by atoms with Crippen LogP contribution >= 0.6 is 0 Å². The molecule has 0 spiro atoms. The summed E-state index contributed by atoms with van der Waals surface area (Å²) in [6, 6.07) is 10.2. The van der Waals surface area contributed by atoms with Crippen LogP contribution in [0.4, 0.5) is 0 Å². The summed E-state index contributed by atoms with van der Waals surface area (Å²) >= 11 is 0. The first-order valence-corrected chi connectivity index (χ1v) is 7.95. The Balaban J connectivity index is 1.78. The van der Waals surface area contributed by atoms with E-state index in [1.165, 1.54) is 18.4 Å². The summed E-state index contributed by atoms with van der Waals surface area (Å²) in [4.78, 5) is 23.8. The van der Waals surface area contributed by atoms with Crippen LogP contribution in [0.5, 0.6) is 0 Å². The van der Waals surface area contributed by atoms with E-state index in [1.807, 2.05) is 18.2 Å². The summed E-state index contributed by atoms with van der Waals surface area (Å²) in [7, 11) is 0. The summed E-state index contributed by atoms with van der Waals surface area (Å²) < 4.78 is 5.79. The number of ether oxygens (including phenoxy) is 1. The molecule has 1 aliphatic heterocycles. The van der Waals surface area contributed by atoms with Gasteiger partial charge in [0.1, 0.15) is 17.8 Å². The first-order valence-electron chi connectivity index (χ1n) is 7.95. The largest absolute Gasteiger partial charge is 0.458 e. The first kappa shape index (κ1) is 14.3. The lowest BCUT2D eigenvalue weighted by atomic mass is 9.76. The van der Waals surface area contributed by atoms with Gasteiger partial charge in [-0.05, 0) is 37.2 Å². The third-order valence-electron chi connectivity index (χ3n) is 4.93. The molecule has 1 saturated carbocycles. The molecule has 0 N–H and O–H groups in total. The minimum absolute atomic E-state index is 0.0419. The Hall–Kier alpha value is -1.64. The Morgan fingerprint density at radius 1 is 1.10 bits per heavy atom. The normalized spacial score (nSPS) is 26.9. The summed E-state index contributed by atoms with van der Waals surface area (Å²) in [5.74, 6) is 0.0758. The van der Waals surface area contributed by atoms with Crippen molar-refractivity contribution in [2.45, 2.75) is 57.0 Å². The van der Waals surface area contributed by atoms with E-state index >= 15 is 0 Å². The predicted octanol–water partition coefficient (Wildman–Crippen LogP) is 3.45. The average Bonchev–Trinajstić information content (AvgIpc) is 3.00. The zero-order valence-corrected chi connectivity index (χ0v) is 12.3. The van der Waals surface area contributed by atoms with Gasteiger partial charge in [-0.1, -0.05) is 43.2 Å². The molecule has 1 aromatic rings. The van der Waals surface area contributed by atoms with Crippen LogP contribution in [0.25, 0.3) is 0 Å². The SMILES string of the molecule is O=C1CC(=O)OC(CCc2ccccc2)(C2CCCC2)C1. The molecule has 1 heterocycles. The smallest absolute Gasteiger partial charge is 0.313 e. The molecule has 1 aliphatic carbocycles. The van der Waals surface area contributed by atoms with Crippen LogP contribution in [0.15, 0.2) is 30.3 Å². The van der Waals surface area contributed by atoms with E-state index in [0.717, 1.165) is 25.7 Å². The summed E-state index contributed by atoms with van der Waals surface area (Å²) in [6.07, 6.45) is 6.52. The van der Waals surface area contributed by atoms with Crippen LogP contribution in [0.3, 0.4) is 0 Å². The van der Waals surface area contributed by atoms with E-state index in [4.69, 9.17) is 4.74 Å². The molecule has 0 amide bonds. The molecule has 21 heavy (non-hydrogen) atoms. The number of rotatable bonds is 4. The molecule has 2 aliphatic rings. The number of carbonyl (C=O) groups is 2. The maximum atomic E-state index is 12.0. The third-order valence-corrected chi connectivity index (χ3v) is 4.93. The van der Waals surface area contributed by atoms with Gasteiger partial charge in [-0.3, -0.25) is 9.59 Å². The van der Waals surface area contributed by atoms with Crippen molar-refractivity contribution in [2.24, 2.45) is 5.92 Å². The van der Waals surface area contributed by atoms with Gasteiger partial charge in [0, 0.05) is 6.42 Å². The van der Waals surface area contributed by atoms with Crippen molar-refractivity contribution in [3.05, 3.63) is 35.9 Å². The zero-order chi connectivity index (χ0) is 14.7. The molecule has 1 atom stereocenters. The molecule has 0 bridgehead atoms. The molecule has 1 aromatic carbocycles. The standard InChI is InChI=1S/C18H22O3/c19-16-12-17(20)21-18(13-16,15-8-4-5-9-15)11-10-14-6-2-1-3-7-14/h1-3,6-7,15H,4-5,8-13H2. The molecular weight excluding hydrogens is 264 g/mol. The molecule has 0 radical (unpaired) electrons. The zero-order valence-electron chi connectivity index (χ0n) is 12.3. The lowest BCUT2D eigenvalue weighted by Crippen LogP contribution is -2.48. The Morgan fingerprint density at radius 3 is 2.48 bits per heavy atom. The van der Waals surface area contributed by atoms with Crippen molar-refractivity contribution < 1.29 is 14.3 Å². The number of carbonyl (C=O) groups excluding carboxylic acids is 2. The molecule has 112 valence electrons.